The Bertz CT molecular complexity index is 1240. The first kappa shape index (κ1) is 20.2. The Morgan fingerprint density at radius 3 is 2.77 bits per heavy atom. The molecule has 3 aromatic heterocycles. The number of hydrogen-bond donors (Lipinski definition) is 1. The van der Waals surface area contributed by atoms with E-state index < -0.39 is 0 Å². The number of rotatable bonds is 7. The Labute approximate surface area is 182 Å². The van der Waals surface area contributed by atoms with Gasteiger partial charge < -0.3 is 9.73 Å². The van der Waals surface area contributed by atoms with Gasteiger partial charge in [0.15, 0.2) is 0 Å². The largest absolute Gasteiger partial charge is 0.428 e. The number of anilines is 1. The van der Waals surface area contributed by atoms with E-state index in [0.29, 0.717) is 22.9 Å². The van der Waals surface area contributed by atoms with Gasteiger partial charge in [-0.25, -0.2) is 0 Å². The SMILES string of the molecule is N#Cc1ccc(-c2ccncc2C=CC(=O)Nc2ccc(CCc3nnco3)cc2)s1. The fourth-order valence-electron chi connectivity index (χ4n) is 2.97. The van der Waals surface area contributed by atoms with Gasteiger partial charge >= 0.3 is 0 Å². The molecule has 152 valence electrons. The molecular weight excluding hydrogens is 410 g/mol. The van der Waals surface area contributed by atoms with Crippen molar-refractivity contribution in [2.24, 2.45) is 0 Å². The van der Waals surface area contributed by atoms with Crippen LogP contribution >= 0.6 is 11.3 Å². The van der Waals surface area contributed by atoms with Gasteiger partial charge in [-0.1, -0.05) is 12.1 Å². The van der Waals surface area contributed by atoms with Crippen molar-refractivity contribution in [1.29, 1.82) is 5.26 Å². The third-order valence-corrected chi connectivity index (χ3v) is 5.53. The molecule has 0 aliphatic rings. The number of nitriles is 1. The number of amides is 1. The summed E-state index contributed by atoms with van der Waals surface area (Å²) in [4.78, 5) is 18.1. The van der Waals surface area contributed by atoms with Crippen LogP contribution in [0.3, 0.4) is 0 Å². The van der Waals surface area contributed by atoms with Gasteiger partial charge in [-0.2, -0.15) is 5.26 Å². The first-order chi connectivity index (χ1) is 15.2. The summed E-state index contributed by atoms with van der Waals surface area (Å²) in [6.07, 6.45) is 9.35. The number of aryl methyl sites for hydroxylation is 2. The molecule has 0 bridgehead atoms. The number of thiophene rings is 1. The molecule has 0 aliphatic heterocycles. The Balaban J connectivity index is 1.38. The van der Waals surface area contributed by atoms with Crippen LogP contribution in [0.5, 0.6) is 0 Å². The van der Waals surface area contributed by atoms with Crippen molar-refractivity contribution in [3.05, 3.63) is 89.2 Å². The number of hydrogen-bond acceptors (Lipinski definition) is 7. The van der Waals surface area contributed by atoms with E-state index in [-0.39, 0.29) is 5.91 Å². The van der Waals surface area contributed by atoms with E-state index in [4.69, 9.17) is 9.68 Å². The Kier molecular flexibility index (Phi) is 6.26. The van der Waals surface area contributed by atoms with Crippen molar-refractivity contribution in [2.75, 3.05) is 5.32 Å². The van der Waals surface area contributed by atoms with Crippen LogP contribution in [0.25, 0.3) is 16.5 Å². The number of benzene rings is 1. The average Bonchev–Trinajstić information content (AvgIpc) is 3.49. The van der Waals surface area contributed by atoms with Crippen LogP contribution < -0.4 is 5.32 Å². The normalized spacial score (nSPS) is 10.8. The van der Waals surface area contributed by atoms with Crippen LogP contribution in [0.1, 0.15) is 21.9 Å². The number of carbonyl (C=O) groups is 1. The second-order valence-corrected chi connectivity index (χ2v) is 7.67. The summed E-state index contributed by atoms with van der Waals surface area (Å²) in [5.41, 5.74) is 3.55. The molecule has 0 unspecified atom stereocenters. The number of nitrogens with zero attached hydrogens (tertiary/aromatic N) is 4. The number of aromatic nitrogens is 3. The third-order valence-electron chi connectivity index (χ3n) is 4.50. The molecule has 0 fully saturated rings. The molecule has 4 aromatic rings. The zero-order chi connectivity index (χ0) is 21.5. The molecule has 0 radical (unpaired) electrons. The molecule has 0 aliphatic carbocycles. The van der Waals surface area contributed by atoms with Gasteiger partial charge in [0.2, 0.25) is 18.2 Å². The fraction of sp³-hybridized carbons (Fsp3) is 0.0870. The lowest BCUT2D eigenvalue weighted by Gasteiger charge is -2.05. The molecule has 1 amide bonds. The summed E-state index contributed by atoms with van der Waals surface area (Å²) in [5.74, 6) is 0.362. The molecule has 7 nitrogen and oxygen atoms in total. The number of pyridine rings is 1. The molecule has 0 saturated heterocycles. The van der Waals surface area contributed by atoms with Gasteiger partial charge in [0.05, 0.1) is 0 Å². The highest BCUT2D eigenvalue weighted by molar-refractivity contribution is 7.16. The van der Waals surface area contributed by atoms with E-state index in [0.717, 1.165) is 28.0 Å². The van der Waals surface area contributed by atoms with Crippen molar-refractivity contribution in [3.8, 4) is 16.5 Å². The van der Waals surface area contributed by atoms with E-state index in [1.54, 1.807) is 24.5 Å². The first-order valence-corrected chi connectivity index (χ1v) is 10.3. The zero-order valence-electron chi connectivity index (χ0n) is 16.4. The minimum Gasteiger partial charge on any atom is -0.428 e. The minimum atomic E-state index is -0.239. The Hall–Kier alpha value is -4.09. The van der Waals surface area contributed by atoms with Crippen LogP contribution in [0.15, 0.2) is 71.7 Å². The molecule has 31 heavy (non-hydrogen) atoms. The highest BCUT2D eigenvalue weighted by Gasteiger charge is 2.07. The molecule has 0 atom stereocenters. The minimum absolute atomic E-state index is 0.239. The smallest absolute Gasteiger partial charge is 0.248 e. The van der Waals surface area contributed by atoms with Crippen LogP contribution in [0.4, 0.5) is 5.69 Å². The maximum atomic E-state index is 12.4. The quantitative estimate of drug-likeness (QED) is 0.435. The van der Waals surface area contributed by atoms with E-state index in [1.165, 1.54) is 23.8 Å². The zero-order valence-corrected chi connectivity index (χ0v) is 17.2. The molecule has 0 saturated carbocycles. The predicted octanol–water partition coefficient (Wildman–Crippen LogP) is 4.50. The van der Waals surface area contributed by atoms with Crippen molar-refractivity contribution in [3.63, 3.8) is 0 Å². The molecular formula is C23H17N5O2S. The van der Waals surface area contributed by atoms with Gasteiger partial charge in [0, 0.05) is 46.6 Å². The summed E-state index contributed by atoms with van der Waals surface area (Å²) in [5, 5.41) is 19.4. The van der Waals surface area contributed by atoms with Gasteiger partial charge in [-0.15, -0.1) is 21.5 Å². The summed E-state index contributed by atoms with van der Waals surface area (Å²) < 4.78 is 5.13. The van der Waals surface area contributed by atoms with Crippen molar-refractivity contribution in [2.45, 2.75) is 12.8 Å². The topological polar surface area (TPSA) is 105 Å². The van der Waals surface area contributed by atoms with Gasteiger partial charge in [0.25, 0.3) is 0 Å². The van der Waals surface area contributed by atoms with Crippen molar-refractivity contribution < 1.29 is 9.21 Å². The predicted molar refractivity (Wildman–Crippen MR) is 118 cm³/mol. The third kappa shape index (κ3) is 5.29. The van der Waals surface area contributed by atoms with Gasteiger partial charge in [-0.3, -0.25) is 9.78 Å². The van der Waals surface area contributed by atoms with Gasteiger partial charge in [-0.05, 0) is 48.4 Å². The molecule has 3 heterocycles. The number of nitrogens with one attached hydrogen (secondary N) is 1. The molecule has 0 spiro atoms. The molecule has 4 rings (SSSR count). The average molecular weight is 427 g/mol. The lowest BCUT2D eigenvalue weighted by molar-refractivity contribution is -0.111. The standard InChI is InChI=1S/C23H17N5O2S/c24-13-19-7-8-21(31-19)20-11-12-25-14-17(20)4-9-22(29)27-18-5-1-16(2-6-18)3-10-23-28-26-15-30-23/h1-2,4-9,11-12,14-15H,3,10H2,(H,27,29). The Morgan fingerprint density at radius 2 is 2.03 bits per heavy atom. The molecule has 8 heteroatoms. The summed E-state index contributed by atoms with van der Waals surface area (Å²) in [7, 11) is 0. The fourth-order valence-corrected chi connectivity index (χ4v) is 3.82. The highest BCUT2D eigenvalue weighted by Crippen LogP contribution is 2.30. The second kappa shape index (κ2) is 9.61. The number of carbonyl (C=O) groups excluding carboxylic acids is 1. The molecule has 1 N–H and O–H groups in total. The van der Waals surface area contributed by atoms with Crippen molar-refractivity contribution in [1.82, 2.24) is 15.2 Å². The van der Waals surface area contributed by atoms with E-state index in [9.17, 15) is 4.79 Å². The lowest BCUT2D eigenvalue weighted by Crippen LogP contribution is -2.07. The summed E-state index contributed by atoms with van der Waals surface area (Å²) in [6, 6.07) is 15.3. The summed E-state index contributed by atoms with van der Waals surface area (Å²) >= 11 is 1.40. The van der Waals surface area contributed by atoms with E-state index in [2.05, 4.69) is 26.6 Å². The van der Waals surface area contributed by atoms with E-state index >= 15 is 0 Å². The summed E-state index contributed by atoms with van der Waals surface area (Å²) in [6.45, 7) is 0. The highest BCUT2D eigenvalue weighted by atomic mass is 32.1. The van der Waals surface area contributed by atoms with E-state index in [1.807, 2.05) is 36.4 Å². The molecule has 1 aromatic carbocycles. The Morgan fingerprint density at radius 1 is 1.16 bits per heavy atom. The van der Waals surface area contributed by atoms with Crippen LogP contribution in [0.2, 0.25) is 0 Å². The van der Waals surface area contributed by atoms with Crippen molar-refractivity contribution >= 4 is 29.0 Å². The monoisotopic (exact) mass is 427 g/mol. The maximum absolute atomic E-state index is 12.4. The lowest BCUT2D eigenvalue weighted by atomic mass is 10.1. The second-order valence-electron chi connectivity index (χ2n) is 6.59. The first-order valence-electron chi connectivity index (χ1n) is 9.48. The van der Waals surface area contributed by atoms with Crippen LogP contribution in [-0.4, -0.2) is 21.1 Å². The van der Waals surface area contributed by atoms with Gasteiger partial charge in [0.1, 0.15) is 10.9 Å². The van der Waals surface area contributed by atoms with Crippen LogP contribution in [-0.2, 0) is 17.6 Å². The van der Waals surface area contributed by atoms with Crippen LogP contribution in [0, 0.1) is 11.3 Å². The maximum Gasteiger partial charge on any atom is 0.248 e.